The van der Waals surface area contributed by atoms with Crippen LogP contribution in [-0.4, -0.2) is 32.4 Å². The number of oxime groups is 1. The molecule has 2 rings (SSSR count). The molecule has 2 aromatic rings. The first kappa shape index (κ1) is 18.3. The summed E-state index contributed by atoms with van der Waals surface area (Å²) in [7, 11) is 3.12. The molecular formula is C19H22N2O4. The molecule has 6 nitrogen and oxygen atoms in total. The third-order valence-corrected chi connectivity index (χ3v) is 3.52. The Labute approximate surface area is 147 Å². The van der Waals surface area contributed by atoms with E-state index in [1.165, 1.54) is 6.21 Å². The SMILES string of the molecule is COc1cccc(/C=N\O[C@H](C)C(=O)NCc2ccccc2)c1OC. The van der Waals surface area contributed by atoms with Crippen molar-refractivity contribution in [3.05, 3.63) is 59.7 Å². The molecule has 6 heteroatoms. The Morgan fingerprint density at radius 1 is 1.12 bits per heavy atom. The number of para-hydroxylation sites is 1. The highest BCUT2D eigenvalue weighted by Gasteiger charge is 2.13. The molecule has 0 heterocycles. The summed E-state index contributed by atoms with van der Waals surface area (Å²) in [5.41, 5.74) is 1.71. The second-order valence-electron chi connectivity index (χ2n) is 5.27. The van der Waals surface area contributed by atoms with E-state index in [-0.39, 0.29) is 5.91 Å². The van der Waals surface area contributed by atoms with Crippen molar-refractivity contribution >= 4 is 12.1 Å². The molecule has 0 saturated heterocycles. The number of benzene rings is 2. The molecule has 0 aliphatic rings. The van der Waals surface area contributed by atoms with Crippen LogP contribution in [0.15, 0.2) is 53.7 Å². The summed E-state index contributed by atoms with van der Waals surface area (Å²) in [5.74, 6) is 0.914. The summed E-state index contributed by atoms with van der Waals surface area (Å²) in [5, 5.41) is 6.69. The number of nitrogens with one attached hydrogen (secondary N) is 1. The van der Waals surface area contributed by atoms with Crippen LogP contribution in [0.5, 0.6) is 11.5 Å². The van der Waals surface area contributed by atoms with E-state index in [2.05, 4.69) is 10.5 Å². The highest BCUT2D eigenvalue weighted by atomic mass is 16.6. The van der Waals surface area contributed by atoms with Gasteiger partial charge in [-0.15, -0.1) is 0 Å². The van der Waals surface area contributed by atoms with Crippen LogP contribution in [0.2, 0.25) is 0 Å². The summed E-state index contributed by atoms with van der Waals surface area (Å²) in [6.07, 6.45) is 0.777. The first-order valence-corrected chi connectivity index (χ1v) is 7.87. The zero-order valence-electron chi connectivity index (χ0n) is 14.6. The lowest BCUT2D eigenvalue weighted by Gasteiger charge is -2.11. The molecule has 0 saturated carbocycles. The Morgan fingerprint density at radius 3 is 2.56 bits per heavy atom. The number of methoxy groups -OCH3 is 2. The maximum absolute atomic E-state index is 12.0. The minimum absolute atomic E-state index is 0.237. The van der Waals surface area contributed by atoms with Crippen molar-refractivity contribution in [1.29, 1.82) is 0 Å². The normalized spacial score (nSPS) is 11.8. The number of hydrogen-bond donors (Lipinski definition) is 1. The van der Waals surface area contributed by atoms with E-state index in [1.807, 2.05) is 42.5 Å². The van der Waals surface area contributed by atoms with Crippen LogP contribution >= 0.6 is 0 Å². The smallest absolute Gasteiger partial charge is 0.263 e. The van der Waals surface area contributed by atoms with Gasteiger partial charge in [-0.3, -0.25) is 4.79 Å². The Kier molecular flexibility index (Phi) is 6.83. The second-order valence-corrected chi connectivity index (χ2v) is 5.27. The molecule has 25 heavy (non-hydrogen) atoms. The largest absolute Gasteiger partial charge is 0.493 e. The van der Waals surface area contributed by atoms with Crippen LogP contribution in [0.25, 0.3) is 0 Å². The number of carbonyl (C=O) groups is 1. The molecule has 1 N–H and O–H groups in total. The number of amides is 1. The third-order valence-electron chi connectivity index (χ3n) is 3.52. The topological polar surface area (TPSA) is 69.2 Å². The summed E-state index contributed by atoms with van der Waals surface area (Å²) < 4.78 is 10.5. The van der Waals surface area contributed by atoms with Gasteiger partial charge in [-0.25, -0.2) is 0 Å². The van der Waals surface area contributed by atoms with Crippen molar-refractivity contribution in [3.63, 3.8) is 0 Å². The highest BCUT2D eigenvalue weighted by molar-refractivity contribution is 5.85. The van der Waals surface area contributed by atoms with Gasteiger partial charge in [0.15, 0.2) is 11.5 Å². The minimum atomic E-state index is -0.712. The Balaban J connectivity index is 1.89. The monoisotopic (exact) mass is 342 g/mol. The fourth-order valence-electron chi connectivity index (χ4n) is 2.17. The minimum Gasteiger partial charge on any atom is -0.493 e. The van der Waals surface area contributed by atoms with Crippen molar-refractivity contribution in [2.75, 3.05) is 14.2 Å². The molecule has 132 valence electrons. The van der Waals surface area contributed by atoms with Crippen LogP contribution in [0.3, 0.4) is 0 Å². The van der Waals surface area contributed by atoms with Gasteiger partial charge in [-0.1, -0.05) is 41.6 Å². The molecule has 1 atom stereocenters. The average molecular weight is 342 g/mol. The number of nitrogens with zero attached hydrogens (tertiary/aromatic N) is 1. The van der Waals surface area contributed by atoms with Gasteiger partial charge in [0.1, 0.15) is 0 Å². The van der Waals surface area contributed by atoms with Gasteiger partial charge in [0.25, 0.3) is 5.91 Å². The molecule has 1 amide bonds. The number of hydrogen-bond acceptors (Lipinski definition) is 5. The van der Waals surface area contributed by atoms with Gasteiger partial charge >= 0.3 is 0 Å². The molecule has 0 unspecified atom stereocenters. The molecular weight excluding hydrogens is 320 g/mol. The highest BCUT2D eigenvalue weighted by Crippen LogP contribution is 2.29. The van der Waals surface area contributed by atoms with Crippen molar-refractivity contribution in [3.8, 4) is 11.5 Å². The number of ether oxygens (including phenoxy) is 2. The molecule has 0 bridgehead atoms. The average Bonchev–Trinajstić information content (AvgIpc) is 2.66. The number of carbonyl (C=O) groups excluding carboxylic acids is 1. The van der Waals surface area contributed by atoms with Gasteiger partial charge in [-0.2, -0.15) is 0 Å². The van der Waals surface area contributed by atoms with E-state index in [1.54, 1.807) is 27.2 Å². The van der Waals surface area contributed by atoms with Crippen LogP contribution in [0.1, 0.15) is 18.1 Å². The van der Waals surface area contributed by atoms with Crippen molar-refractivity contribution < 1.29 is 19.1 Å². The lowest BCUT2D eigenvalue weighted by atomic mass is 10.2. The Morgan fingerprint density at radius 2 is 1.88 bits per heavy atom. The zero-order valence-corrected chi connectivity index (χ0v) is 14.6. The van der Waals surface area contributed by atoms with Crippen molar-refractivity contribution in [2.24, 2.45) is 5.16 Å². The van der Waals surface area contributed by atoms with E-state index < -0.39 is 6.10 Å². The Hall–Kier alpha value is -3.02. The standard InChI is InChI=1S/C19H22N2O4/c1-14(19(22)20-12-15-8-5-4-6-9-15)25-21-13-16-10-7-11-17(23-2)18(16)24-3/h4-11,13-14H,12H2,1-3H3,(H,20,22)/b21-13-/t14-/m1/s1. The first-order chi connectivity index (χ1) is 12.2. The van der Waals surface area contributed by atoms with Gasteiger partial charge in [-0.05, 0) is 24.6 Å². The van der Waals surface area contributed by atoms with Gasteiger partial charge in [0, 0.05) is 12.1 Å². The van der Waals surface area contributed by atoms with Crippen LogP contribution in [-0.2, 0) is 16.2 Å². The van der Waals surface area contributed by atoms with Gasteiger partial charge in [0.2, 0.25) is 6.10 Å². The fraction of sp³-hybridized carbons (Fsp3) is 0.263. The first-order valence-electron chi connectivity index (χ1n) is 7.87. The number of rotatable bonds is 8. The molecule has 0 spiro atoms. The van der Waals surface area contributed by atoms with Gasteiger partial charge < -0.3 is 19.6 Å². The predicted octanol–water partition coefficient (Wildman–Crippen LogP) is 2.76. The third kappa shape index (κ3) is 5.24. The summed E-state index contributed by atoms with van der Waals surface area (Å²) in [6, 6.07) is 15.1. The molecule has 0 aliphatic heterocycles. The second kappa shape index (κ2) is 9.32. The van der Waals surface area contributed by atoms with E-state index in [4.69, 9.17) is 14.3 Å². The van der Waals surface area contributed by atoms with E-state index in [9.17, 15) is 4.79 Å². The van der Waals surface area contributed by atoms with Crippen LogP contribution in [0, 0.1) is 0 Å². The van der Waals surface area contributed by atoms with E-state index >= 15 is 0 Å². The molecule has 0 aromatic heterocycles. The zero-order chi connectivity index (χ0) is 18.1. The molecule has 0 fully saturated rings. The lowest BCUT2D eigenvalue weighted by molar-refractivity contribution is -0.131. The molecule has 0 aliphatic carbocycles. The van der Waals surface area contributed by atoms with Crippen molar-refractivity contribution in [1.82, 2.24) is 5.32 Å². The summed E-state index contributed by atoms with van der Waals surface area (Å²) in [4.78, 5) is 17.3. The lowest BCUT2D eigenvalue weighted by Crippen LogP contribution is -2.33. The van der Waals surface area contributed by atoms with Crippen LogP contribution < -0.4 is 14.8 Å². The van der Waals surface area contributed by atoms with Crippen molar-refractivity contribution in [2.45, 2.75) is 19.6 Å². The Bertz CT molecular complexity index is 717. The predicted molar refractivity (Wildman–Crippen MR) is 96.0 cm³/mol. The molecule has 2 aromatic carbocycles. The van der Waals surface area contributed by atoms with E-state index in [0.717, 1.165) is 5.56 Å². The molecule has 0 radical (unpaired) electrons. The maximum atomic E-state index is 12.0. The maximum Gasteiger partial charge on any atom is 0.263 e. The summed E-state index contributed by atoms with van der Waals surface area (Å²) >= 11 is 0. The van der Waals surface area contributed by atoms with Gasteiger partial charge in [0.05, 0.1) is 20.4 Å². The van der Waals surface area contributed by atoms with E-state index in [0.29, 0.717) is 23.6 Å². The fourth-order valence-corrected chi connectivity index (χ4v) is 2.17. The van der Waals surface area contributed by atoms with Crippen LogP contribution in [0.4, 0.5) is 0 Å². The summed E-state index contributed by atoms with van der Waals surface area (Å²) in [6.45, 7) is 2.08. The quantitative estimate of drug-likeness (QED) is 0.592.